The first-order valence-electron chi connectivity index (χ1n) is 5.94. The lowest BCUT2D eigenvalue weighted by Crippen LogP contribution is -2.52. The maximum absolute atomic E-state index is 11.6. The van der Waals surface area contributed by atoms with E-state index in [0.717, 1.165) is 32.5 Å². The molecule has 0 aromatic rings. The lowest BCUT2D eigenvalue weighted by molar-refractivity contribution is 0.176. The third-order valence-electron chi connectivity index (χ3n) is 3.52. The van der Waals surface area contributed by atoms with Gasteiger partial charge < -0.3 is 5.73 Å². The zero-order valence-corrected chi connectivity index (χ0v) is 10.7. The summed E-state index contributed by atoms with van der Waals surface area (Å²) in [6.07, 6.45) is 2.22. The summed E-state index contributed by atoms with van der Waals surface area (Å²) in [6, 6.07) is 0. The maximum atomic E-state index is 11.6. The Kier molecular flexibility index (Phi) is 3.27. The minimum Gasteiger partial charge on any atom is -0.324 e. The van der Waals surface area contributed by atoms with Gasteiger partial charge in [0.1, 0.15) is 0 Å². The van der Waals surface area contributed by atoms with Crippen molar-refractivity contribution in [1.29, 1.82) is 0 Å². The summed E-state index contributed by atoms with van der Waals surface area (Å²) in [7, 11) is -3.00. The molecule has 6 heteroatoms. The predicted molar refractivity (Wildman–Crippen MR) is 63.6 cm³/mol. The highest BCUT2D eigenvalue weighted by Gasteiger charge is 2.40. The second-order valence-electron chi connectivity index (χ2n) is 4.94. The molecule has 1 aliphatic heterocycles. The smallest absolute Gasteiger partial charge is 0.213 e. The van der Waals surface area contributed by atoms with Gasteiger partial charge in [0.15, 0.2) is 0 Å². The van der Waals surface area contributed by atoms with Gasteiger partial charge in [0.25, 0.3) is 0 Å². The van der Waals surface area contributed by atoms with Crippen molar-refractivity contribution < 1.29 is 8.42 Å². The molecule has 0 spiro atoms. The maximum Gasteiger partial charge on any atom is 0.213 e. The van der Waals surface area contributed by atoms with Gasteiger partial charge in [-0.05, 0) is 19.8 Å². The molecule has 2 rings (SSSR count). The Bertz CT molecular complexity index is 343. The van der Waals surface area contributed by atoms with E-state index in [9.17, 15) is 8.42 Å². The van der Waals surface area contributed by atoms with Gasteiger partial charge in [-0.15, -0.1) is 0 Å². The Hall–Kier alpha value is -0.170. The van der Waals surface area contributed by atoms with E-state index < -0.39 is 10.0 Å². The Labute approximate surface area is 97.6 Å². The Morgan fingerprint density at radius 2 is 1.75 bits per heavy atom. The molecular weight excluding hydrogens is 226 g/mol. The van der Waals surface area contributed by atoms with Gasteiger partial charge in [0, 0.05) is 38.3 Å². The molecule has 1 saturated heterocycles. The minimum absolute atomic E-state index is 0.0335. The highest BCUT2D eigenvalue weighted by Crippen LogP contribution is 2.33. The van der Waals surface area contributed by atoms with E-state index in [1.165, 1.54) is 0 Å². The van der Waals surface area contributed by atoms with Crippen LogP contribution in [0.2, 0.25) is 0 Å². The SMILES string of the molecule is CCS(=O)(=O)N1CCN(CC2(N)CC2)CC1. The fraction of sp³-hybridized carbons (Fsp3) is 1.00. The van der Waals surface area contributed by atoms with Crippen LogP contribution in [-0.4, -0.2) is 61.6 Å². The zero-order valence-electron chi connectivity index (χ0n) is 9.85. The first kappa shape index (κ1) is 12.3. The molecule has 16 heavy (non-hydrogen) atoms. The van der Waals surface area contributed by atoms with Crippen LogP contribution in [0.3, 0.4) is 0 Å². The number of hydrogen-bond donors (Lipinski definition) is 1. The highest BCUT2D eigenvalue weighted by atomic mass is 32.2. The molecule has 0 amide bonds. The topological polar surface area (TPSA) is 66.6 Å². The fourth-order valence-corrected chi connectivity index (χ4v) is 3.20. The number of hydrogen-bond acceptors (Lipinski definition) is 4. The summed E-state index contributed by atoms with van der Waals surface area (Å²) in [4.78, 5) is 2.29. The van der Waals surface area contributed by atoms with E-state index in [0.29, 0.717) is 13.1 Å². The van der Waals surface area contributed by atoms with Gasteiger partial charge in [-0.3, -0.25) is 4.90 Å². The van der Waals surface area contributed by atoms with Crippen molar-refractivity contribution in [3.8, 4) is 0 Å². The minimum atomic E-state index is -3.00. The molecule has 0 radical (unpaired) electrons. The van der Waals surface area contributed by atoms with Crippen LogP contribution in [0.5, 0.6) is 0 Å². The van der Waals surface area contributed by atoms with Crippen molar-refractivity contribution in [2.24, 2.45) is 5.73 Å². The second kappa shape index (κ2) is 4.25. The van der Waals surface area contributed by atoms with Crippen LogP contribution in [0.15, 0.2) is 0 Å². The van der Waals surface area contributed by atoms with Crippen molar-refractivity contribution in [2.75, 3.05) is 38.5 Å². The predicted octanol–water partition coefficient (Wildman–Crippen LogP) is -0.555. The molecular formula is C10H21N3O2S. The van der Waals surface area contributed by atoms with E-state index in [-0.39, 0.29) is 11.3 Å². The highest BCUT2D eigenvalue weighted by molar-refractivity contribution is 7.89. The van der Waals surface area contributed by atoms with Crippen molar-refractivity contribution in [3.63, 3.8) is 0 Å². The molecule has 2 aliphatic rings. The average molecular weight is 247 g/mol. The fourth-order valence-electron chi connectivity index (χ4n) is 2.11. The summed E-state index contributed by atoms with van der Waals surface area (Å²) in [5, 5.41) is 0. The summed E-state index contributed by atoms with van der Waals surface area (Å²) in [6.45, 7) is 5.49. The van der Waals surface area contributed by atoms with E-state index in [4.69, 9.17) is 5.73 Å². The van der Waals surface area contributed by atoms with E-state index in [1.54, 1.807) is 11.2 Å². The van der Waals surface area contributed by atoms with Crippen LogP contribution < -0.4 is 5.73 Å². The zero-order chi connectivity index (χ0) is 11.8. The summed E-state index contributed by atoms with van der Waals surface area (Å²) >= 11 is 0. The number of sulfonamides is 1. The Balaban J connectivity index is 1.82. The Morgan fingerprint density at radius 3 is 2.19 bits per heavy atom. The third-order valence-corrected chi connectivity index (χ3v) is 5.40. The van der Waals surface area contributed by atoms with E-state index in [2.05, 4.69) is 4.90 Å². The van der Waals surface area contributed by atoms with Crippen LogP contribution in [0, 0.1) is 0 Å². The number of nitrogens with zero attached hydrogens (tertiary/aromatic N) is 2. The quantitative estimate of drug-likeness (QED) is 0.723. The standard InChI is InChI=1S/C10H21N3O2S/c1-2-16(14,15)13-7-5-12(6-8-13)9-10(11)3-4-10/h2-9,11H2,1H3. The van der Waals surface area contributed by atoms with Crippen LogP contribution in [0.25, 0.3) is 0 Å². The van der Waals surface area contributed by atoms with Crippen molar-refractivity contribution >= 4 is 10.0 Å². The van der Waals surface area contributed by atoms with Crippen molar-refractivity contribution in [3.05, 3.63) is 0 Å². The first-order valence-corrected chi connectivity index (χ1v) is 7.55. The molecule has 0 unspecified atom stereocenters. The first-order chi connectivity index (χ1) is 7.45. The molecule has 5 nitrogen and oxygen atoms in total. The second-order valence-corrected chi connectivity index (χ2v) is 7.20. The van der Waals surface area contributed by atoms with E-state index >= 15 is 0 Å². The number of nitrogens with two attached hydrogens (primary N) is 1. The van der Waals surface area contributed by atoms with Crippen molar-refractivity contribution in [2.45, 2.75) is 25.3 Å². The average Bonchev–Trinajstić information content (AvgIpc) is 2.97. The summed E-state index contributed by atoms with van der Waals surface area (Å²) < 4.78 is 24.9. The van der Waals surface area contributed by atoms with Gasteiger partial charge in [-0.25, -0.2) is 8.42 Å². The van der Waals surface area contributed by atoms with Crippen LogP contribution in [0.4, 0.5) is 0 Å². The normalized spacial score (nSPS) is 26.9. The molecule has 2 N–H and O–H groups in total. The largest absolute Gasteiger partial charge is 0.324 e. The number of piperazine rings is 1. The molecule has 1 saturated carbocycles. The molecule has 94 valence electrons. The molecule has 2 fully saturated rings. The third kappa shape index (κ3) is 2.74. The van der Waals surface area contributed by atoms with E-state index in [1.807, 2.05) is 0 Å². The van der Waals surface area contributed by atoms with Gasteiger partial charge in [0.05, 0.1) is 5.75 Å². The van der Waals surface area contributed by atoms with Gasteiger partial charge >= 0.3 is 0 Å². The van der Waals surface area contributed by atoms with Gasteiger partial charge in [-0.1, -0.05) is 0 Å². The van der Waals surface area contributed by atoms with Crippen LogP contribution in [0.1, 0.15) is 19.8 Å². The lowest BCUT2D eigenvalue weighted by Gasteiger charge is -2.35. The number of rotatable bonds is 4. The van der Waals surface area contributed by atoms with Crippen LogP contribution >= 0.6 is 0 Å². The summed E-state index contributed by atoms with van der Waals surface area (Å²) in [5.41, 5.74) is 6.08. The molecule has 1 aliphatic carbocycles. The monoisotopic (exact) mass is 247 g/mol. The van der Waals surface area contributed by atoms with Crippen LogP contribution in [-0.2, 0) is 10.0 Å². The molecule has 1 heterocycles. The van der Waals surface area contributed by atoms with Gasteiger partial charge in [0.2, 0.25) is 10.0 Å². The molecule has 0 aromatic heterocycles. The molecule has 0 atom stereocenters. The Morgan fingerprint density at radius 1 is 1.19 bits per heavy atom. The summed E-state index contributed by atoms with van der Waals surface area (Å²) in [5.74, 6) is 0.202. The molecule has 0 bridgehead atoms. The van der Waals surface area contributed by atoms with Crippen molar-refractivity contribution in [1.82, 2.24) is 9.21 Å². The van der Waals surface area contributed by atoms with Gasteiger partial charge in [-0.2, -0.15) is 4.31 Å². The molecule has 0 aromatic carbocycles. The lowest BCUT2D eigenvalue weighted by atomic mass is 10.2.